The molecule has 5 nitrogen and oxygen atoms in total. The number of aryl methyl sites for hydroxylation is 1. The lowest BCUT2D eigenvalue weighted by atomic mass is 10.2. The van der Waals surface area contributed by atoms with Crippen molar-refractivity contribution in [3.8, 4) is 5.75 Å². The van der Waals surface area contributed by atoms with Gasteiger partial charge in [-0.3, -0.25) is 0 Å². The van der Waals surface area contributed by atoms with Crippen molar-refractivity contribution in [1.29, 1.82) is 0 Å². The summed E-state index contributed by atoms with van der Waals surface area (Å²) in [7, 11) is 4.03. The number of nitrogens with one attached hydrogen (secondary N) is 2. The molecule has 2 amide bonds. The van der Waals surface area contributed by atoms with Gasteiger partial charge in [0, 0.05) is 6.54 Å². The molecule has 0 fully saturated rings. The molecule has 5 heteroatoms. The molecule has 0 atom stereocenters. The molecule has 0 aliphatic carbocycles. The first-order chi connectivity index (χ1) is 9.58. The van der Waals surface area contributed by atoms with Crippen LogP contribution in [0.2, 0.25) is 0 Å². The lowest BCUT2D eigenvalue weighted by Crippen LogP contribution is -2.38. The number of hydrogen-bond donors (Lipinski definition) is 2. The van der Waals surface area contributed by atoms with E-state index in [0.717, 1.165) is 18.7 Å². The van der Waals surface area contributed by atoms with Crippen molar-refractivity contribution in [2.75, 3.05) is 40.3 Å². The van der Waals surface area contributed by atoms with E-state index in [-0.39, 0.29) is 6.03 Å². The molecule has 20 heavy (non-hydrogen) atoms. The van der Waals surface area contributed by atoms with E-state index >= 15 is 0 Å². The number of urea groups is 1. The predicted molar refractivity (Wildman–Crippen MR) is 81.2 cm³/mol. The van der Waals surface area contributed by atoms with Crippen LogP contribution in [0.5, 0.6) is 5.75 Å². The molecule has 112 valence electrons. The molecule has 1 aromatic rings. The van der Waals surface area contributed by atoms with Gasteiger partial charge in [0.05, 0.1) is 6.54 Å². The van der Waals surface area contributed by atoms with Crippen LogP contribution in [-0.2, 0) is 0 Å². The fourth-order valence-corrected chi connectivity index (χ4v) is 1.63. The molecule has 0 bridgehead atoms. The Morgan fingerprint density at radius 1 is 1.15 bits per heavy atom. The molecule has 1 rings (SSSR count). The normalized spacial score (nSPS) is 10.4. The summed E-state index contributed by atoms with van der Waals surface area (Å²) in [6.45, 7) is 4.65. The van der Waals surface area contributed by atoms with Crippen LogP contribution in [0.1, 0.15) is 12.0 Å². The van der Waals surface area contributed by atoms with Gasteiger partial charge in [0.2, 0.25) is 0 Å². The van der Waals surface area contributed by atoms with Crippen LogP contribution < -0.4 is 15.4 Å². The van der Waals surface area contributed by atoms with Gasteiger partial charge in [0.25, 0.3) is 0 Å². The van der Waals surface area contributed by atoms with Gasteiger partial charge in [-0.05, 0) is 46.1 Å². The number of hydrogen-bond acceptors (Lipinski definition) is 3. The standard InChI is InChI=1S/C15H25N3O2/c1-13-5-7-14(8-6-13)20-12-10-17-15(19)16-9-4-11-18(2)3/h5-8H,4,9-12H2,1-3H3,(H2,16,17,19). The third-order valence-electron chi connectivity index (χ3n) is 2.74. The van der Waals surface area contributed by atoms with Gasteiger partial charge in [-0.1, -0.05) is 17.7 Å². The molecule has 0 heterocycles. The average molecular weight is 279 g/mol. The van der Waals surface area contributed by atoms with Crippen LogP contribution in [0.4, 0.5) is 4.79 Å². The minimum Gasteiger partial charge on any atom is -0.492 e. The Balaban J connectivity index is 2.03. The number of nitrogens with zero attached hydrogens (tertiary/aromatic N) is 1. The lowest BCUT2D eigenvalue weighted by molar-refractivity contribution is 0.236. The van der Waals surface area contributed by atoms with E-state index in [1.54, 1.807) is 0 Å². The number of ether oxygens (including phenoxy) is 1. The smallest absolute Gasteiger partial charge is 0.314 e. The van der Waals surface area contributed by atoms with E-state index in [1.165, 1.54) is 5.56 Å². The fourth-order valence-electron chi connectivity index (χ4n) is 1.63. The third kappa shape index (κ3) is 7.63. The fraction of sp³-hybridized carbons (Fsp3) is 0.533. The van der Waals surface area contributed by atoms with Crippen molar-refractivity contribution in [3.63, 3.8) is 0 Å². The van der Waals surface area contributed by atoms with Crippen LogP contribution in [0.3, 0.4) is 0 Å². The van der Waals surface area contributed by atoms with Crippen molar-refractivity contribution in [2.45, 2.75) is 13.3 Å². The molecular formula is C15H25N3O2. The minimum absolute atomic E-state index is 0.142. The van der Waals surface area contributed by atoms with Gasteiger partial charge in [0.15, 0.2) is 0 Å². The summed E-state index contributed by atoms with van der Waals surface area (Å²) in [5.41, 5.74) is 1.20. The number of benzene rings is 1. The minimum atomic E-state index is -0.142. The first-order valence-electron chi connectivity index (χ1n) is 6.94. The topological polar surface area (TPSA) is 53.6 Å². The summed E-state index contributed by atoms with van der Waals surface area (Å²) >= 11 is 0. The van der Waals surface area contributed by atoms with Gasteiger partial charge in [-0.2, -0.15) is 0 Å². The summed E-state index contributed by atoms with van der Waals surface area (Å²) in [4.78, 5) is 13.5. The Hall–Kier alpha value is -1.75. The zero-order valence-electron chi connectivity index (χ0n) is 12.6. The molecule has 0 aliphatic rings. The monoisotopic (exact) mass is 279 g/mol. The first-order valence-corrected chi connectivity index (χ1v) is 6.94. The van der Waals surface area contributed by atoms with Crippen molar-refractivity contribution in [3.05, 3.63) is 29.8 Å². The van der Waals surface area contributed by atoms with Crippen molar-refractivity contribution >= 4 is 6.03 Å². The Bertz CT molecular complexity index is 391. The predicted octanol–water partition coefficient (Wildman–Crippen LogP) is 1.62. The third-order valence-corrected chi connectivity index (χ3v) is 2.74. The SMILES string of the molecule is Cc1ccc(OCCNC(=O)NCCCN(C)C)cc1. The highest BCUT2D eigenvalue weighted by molar-refractivity contribution is 5.73. The van der Waals surface area contributed by atoms with E-state index in [9.17, 15) is 4.79 Å². The van der Waals surface area contributed by atoms with Gasteiger partial charge < -0.3 is 20.3 Å². The van der Waals surface area contributed by atoms with Gasteiger partial charge in [-0.25, -0.2) is 4.79 Å². The zero-order valence-corrected chi connectivity index (χ0v) is 12.6. The average Bonchev–Trinajstić information content (AvgIpc) is 2.41. The number of amides is 2. The lowest BCUT2D eigenvalue weighted by Gasteiger charge is -2.11. The second kappa shape index (κ2) is 9.20. The highest BCUT2D eigenvalue weighted by Gasteiger charge is 1.99. The first kappa shape index (κ1) is 16.3. The molecular weight excluding hydrogens is 254 g/mol. The summed E-state index contributed by atoms with van der Waals surface area (Å²) in [6, 6.07) is 7.71. The van der Waals surface area contributed by atoms with E-state index in [2.05, 4.69) is 15.5 Å². The van der Waals surface area contributed by atoms with E-state index < -0.39 is 0 Å². The molecule has 1 aromatic carbocycles. The number of carbonyl (C=O) groups excluding carboxylic acids is 1. The van der Waals surface area contributed by atoms with Crippen LogP contribution in [0.15, 0.2) is 24.3 Å². The van der Waals surface area contributed by atoms with Crippen LogP contribution >= 0.6 is 0 Å². The maximum Gasteiger partial charge on any atom is 0.314 e. The summed E-state index contributed by atoms with van der Waals surface area (Å²) in [5.74, 6) is 0.823. The molecule has 0 aliphatic heterocycles. The highest BCUT2D eigenvalue weighted by atomic mass is 16.5. The molecule has 0 unspecified atom stereocenters. The molecule has 2 N–H and O–H groups in total. The molecule has 0 saturated heterocycles. The maximum absolute atomic E-state index is 11.5. The zero-order chi connectivity index (χ0) is 14.8. The van der Waals surface area contributed by atoms with Gasteiger partial charge in [-0.15, -0.1) is 0 Å². The molecule has 0 radical (unpaired) electrons. The van der Waals surface area contributed by atoms with E-state index in [4.69, 9.17) is 4.74 Å². The van der Waals surface area contributed by atoms with Crippen molar-refractivity contribution in [2.24, 2.45) is 0 Å². The Morgan fingerprint density at radius 3 is 2.45 bits per heavy atom. The Labute approximate surface area is 121 Å². The van der Waals surface area contributed by atoms with Gasteiger partial charge >= 0.3 is 6.03 Å². The quantitative estimate of drug-likeness (QED) is 0.711. The van der Waals surface area contributed by atoms with Gasteiger partial charge in [0.1, 0.15) is 12.4 Å². The summed E-state index contributed by atoms with van der Waals surface area (Å²) in [6.07, 6.45) is 0.945. The summed E-state index contributed by atoms with van der Waals surface area (Å²) in [5, 5.41) is 5.58. The maximum atomic E-state index is 11.5. The molecule has 0 spiro atoms. The van der Waals surface area contributed by atoms with Crippen molar-refractivity contribution < 1.29 is 9.53 Å². The van der Waals surface area contributed by atoms with E-state index in [1.807, 2.05) is 45.3 Å². The largest absolute Gasteiger partial charge is 0.492 e. The number of rotatable bonds is 8. The van der Waals surface area contributed by atoms with E-state index in [0.29, 0.717) is 19.7 Å². The second-order valence-electron chi connectivity index (χ2n) is 5.00. The highest BCUT2D eigenvalue weighted by Crippen LogP contribution is 2.10. The molecule has 0 saturated carbocycles. The van der Waals surface area contributed by atoms with Crippen LogP contribution in [-0.4, -0.2) is 51.3 Å². The van der Waals surface area contributed by atoms with Crippen LogP contribution in [0, 0.1) is 6.92 Å². The second-order valence-corrected chi connectivity index (χ2v) is 5.00. The summed E-state index contributed by atoms with van der Waals surface area (Å²) < 4.78 is 5.52. The molecule has 0 aromatic heterocycles. The van der Waals surface area contributed by atoms with Crippen LogP contribution in [0.25, 0.3) is 0 Å². The Morgan fingerprint density at radius 2 is 1.80 bits per heavy atom. The Kier molecular flexibility index (Phi) is 7.50. The van der Waals surface area contributed by atoms with Crippen molar-refractivity contribution in [1.82, 2.24) is 15.5 Å². The number of carbonyl (C=O) groups is 1.